The molecule has 22 heavy (non-hydrogen) atoms. The molecule has 0 saturated heterocycles. The van der Waals surface area contributed by atoms with Crippen LogP contribution >= 0.6 is 0 Å². The van der Waals surface area contributed by atoms with Gasteiger partial charge in [0.2, 0.25) is 0 Å². The third-order valence-corrected chi connectivity index (χ3v) is 3.94. The maximum Gasteiger partial charge on any atom is 0.142 e. The SMILES string of the molecule is C(=NOCc1ccccc1-c1ccccc1)C1=CCCCC1. The van der Waals surface area contributed by atoms with E-state index in [0.717, 1.165) is 18.4 Å². The van der Waals surface area contributed by atoms with Crippen LogP contribution < -0.4 is 0 Å². The molecular formula is C20H21NO. The van der Waals surface area contributed by atoms with Crippen LogP contribution in [-0.4, -0.2) is 6.21 Å². The van der Waals surface area contributed by atoms with E-state index in [0.29, 0.717) is 6.61 Å². The van der Waals surface area contributed by atoms with Gasteiger partial charge in [-0.1, -0.05) is 65.8 Å². The van der Waals surface area contributed by atoms with Crippen LogP contribution in [0.15, 0.2) is 71.4 Å². The Morgan fingerprint density at radius 2 is 1.77 bits per heavy atom. The van der Waals surface area contributed by atoms with E-state index >= 15 is 0 Å². The molecule has 2 aromatic carbocycles. The molecule has 2 heteroatoms. The molecule has 0 spiro atoms. The summed E-state index contributed by atoms with van der Waals surface area (Å²) in [4.78, 5) is 5.51. The molecule has 0 fully saturated rings. The Morgan fingerprint density at radius 1 is 0.955 bits per heavy atom. The molecule has 0 bridgehead atoms. The van der Waals surface area contributed by atoms with Gasteiger partial charge < -0.3 is 4.84 Å². The van der Waals surface area contributed by atoms with E-state index in [9.17, 15) is 0 Å². The predicted molar refractivity (Wildman–Crippen MR) is 91.7 cm³/mol. The van der Waals surface area contributed by atoms with Crippen LogP contribution in [0.4, 0.5) is 0 Å². The van der Waals surface area contributed by atoms with Crippen molar-refractivity contribution in [3.63, 3.8) is 0 Å². The van der Waals surface area contributed by atoms with Crippen LogP contribution in [0.3, 0.4) is 0 Å². The first-order valence-corrected chi connectivity index (χ1v) is 7.91. The monoisotopic (exact) mass is 291 g/mol. The number of hydrogen-bond donors (Lipinski definition) is 0. The second-order valence-electron chi connectivity index (χ2n) is 5.56. The summed E-state index contributed by atoms with van der Waals surface area (Å²) < 4.78 is 0. The number of hydrogen-bond acceptors (Lipinski definition) is 2. The highest BCUT2D eigenvalue weighted by molar-refractivity contribution is 5.78. The molecule has 0 N–H and O–H groups in total. The molecule has 0 atom stereocenters. The number of rotatable bonds is 5. The van der Waals surface area contributed by atoms with Gasteiger partial charge in [-0.05, 0) is 47.9 Å². The standard InChI is InChI=1S/C20H21NO/c1-3-9-17(10-4-1)15-21-22-16-19-13-7-8-14-20(19)18-11-5-2-6-12-18/h2,5-9,11-15H,1,3-4,10,16H2. The average Bonchev–Trinajstić information content (AvgIpc) is 2.61. The zero-order valence-electron chi connectivity index (χ0n) is 12.7. The molecule has 1 aliphatic rings. The first kappa shape index (κ1) is 14.6. The summed E-state index contributed by atoms with van der Waals surface area (Å²) in [5.74, 6) is 0. The fraction of sp³-hybridized carbons (Fsp3) is 0.250. The Balaban J connectivity index is 1.66. The van der Waals surface area contributed by atoms with Crippen molar-refractivity contribution in [2.24, 2.45) is 5.16 Å². The van der Waals surface area contributed by atoms with E-state index in [2.05, 4.69) is 53.7 Å². The molecule has 0 unspecified atom stereocenters. The summed E-state index contributed by atoms with van der Waals surface area (Å²) in [5, 5.41) is 4.13. The van der Waals surface area contributed by atoms with E-state index in [1.807, 2.05) is 18.3 Å². The lowest BCUT2D eigenvalue weighted by Crippen LogP contribution is -1.95. The van der Waals surface area contributed by atoms with Crippen molar-refractivity contribution in [1.82, 2.24) is 0 Å². The zero-order chi connectivity index (χ0) is 15.0. The molecule has 1 aliphatic carbocycles. The van der Waals surface area contributed by atoms with Crippen LogP contribution in [-0.2, 0) is 11.4 Å². The smallest absolute Gasteiger partial charge is 0.142 e. The Kier molecular flexibility index (Phi) is 5.04. The topological polar surface area (TPSA) is 21.6 Å². The number of allylic oxidation sites excluding steroid dienone is 2. The van der Waals surface area contributed by atoms with Gasteiger partial charge in [0.05, 0.1) is 6.21 Å². The van der Waals surface area contributed by atoms with Gasteiger partial charge in [-0.2, -0.15) is 0 Å². The fourth-order valence-corrected chi connectivity index (χ4v) is 2.74. The lowest BCUT2D eigenvalue weighted by molar-refractivity contribution is 0.132. The van der Waals surface area contributed by atoms with E-state index in [1.54, 1.807) is 0 Å². The quantitative estimate of drug-likeness (QED) is 0.537. The summed E-state index contributed by atoms with van der Waals surface area (Å²) >= 11 is 0. The van der Waals surface area contributed by atoms with Gasteiger partial charge in [0.15, 0.2) is 0 Å². The average molecular weight is 291 g/mol. The highest BCUT2D eigenvalue weighted by Gasteiger charge is 2.04. The van der Waals surface area contributed by atoms with Gasteiger partial charge in [-0.15, -0.1) is 0 Å². The Hall–Kier alpha value is -2.35. The molecule has 2 nitrogen and oxygen atoms in total. The van der Waals surface area contributed by atoms with Crippen molar-refractivity contribution in [2.75, 3.05) is 0 Å². The van der Waals surface area contributed by atoms with Gasteiger partial charge in [0, 0.05) is 0 Å². The Labute approximate surface area is 132 Å². The molecule has 112 valence electrons. The van der Waals surface area contributed by atoms with E-state index in [1.165, 1.54) is 29.5 Å². The zero-order valence-corrected chi connectivity index (χ0v) is 12.7. The fourth-order valence-electron chi connectivity index (χ4n) is 2.74. The van der Waals surface area contributed by atoms with Crippen molar-refractivity contribution in [1.29, 1.82) is 0 Å². The van der Waals surface area contributed by atoms with Crippen LogP contribution in [0.2, 0.25) is 0 Å². The second kappa shape index (κ2) is 7.60. The molecule has 3 rings (SSSR count). The van der Waals surface area contributed by atoms with Crippen LogP contribution in [0, 0.1) is 0 Å². The van der Waals surface area contributed by atoms with Crippen molar-refractivity contribution in [3.8, 4) is 11.1 Å². The lowest BCUT2D eigenvalue weighted by Gasteiger charge is -2.09. The first-order valence-electron chi connectivity index (χ1n) is 7.91. The summed E-state index contributed by atoms with van der Waals surface area (Å²) in [6.45, 7) is 0.495. The minimum atomic E-state index is 0.495. The van der Waals surface area contributed by atoms with Crippen LogP contribution in [0.1, 0.15) is 31.2 Å². The third kappa shape index (κ3) is 3.85. The molecule has 0 radical (unpaired) electrons. The molecule has 0 aromatic heterocycles. The molecule has 0 amide bonds. The molecule has 2 aromatic rings. The summed E-state index contributed by atoms with van der Waals surface area (Å²) in [5.41, 5.74) is 4.86. The third-order valence-electron chi connectivity index (χ3n) is 3.94. The van der Waals surface area contributed by atoms with Crippen LogP contribution in [0.5, 0.6) is 0 Å². The maximum absolute atomic E-state index is 5.51. The normalized spacial score (nSPS) is 14.8. The second-order valence-corrected chi connectivity index (χ2v) is 5.56. The van der Waals surface area contributed by atoms with E-state index < -0.39 is 0 Å². The summed E-state index contributed by atoms with van der Waals surface area (Å²) in [6, 6.07) is 18.7. The highest BCUT2D eigenvalue weighted by atomic mass is 16.6. The van der Waals surface area contributed by atoms with Gasteiger partial charge in [0.25, 0.3) is 0 Å². The molecular weight excluding hydrogens is 270 g/mol. The van der Waals surface area contributed by atoms with Gasteiger partial charge in [-0.25, -0.2) is 0 Å². The van der Waals surface area contributed by atoms with Gasteiger partial charge >= 0.3 is 0 Å². The van der Waals surface area contributed by atoms with E-state index in [4.69, 9.17) is 4.84 Å². The maximum atomic E-state index is 5.51. The van der Waals surface area contributed by atoms with Crippen molar-refractivity contribution >= 4 is 6.21 Å². The first-order chi connectivity index (χ1) is 10.9. The number of oxime groups is 1. The highest BCUT2D eigenvalue weighted by Crippen LogP contribution is 2.24. The largest absolute Gasteiger partial charge is 0.391 e. The van der Waals surface area contributed by atoms with Crippen LogP contribution in [0.25, 0.3) is 11.1 Å². The molecule has 0 heterocycles. The van der Waals surface area contributed by atoms with Gasteiger partial charge in [0.1, 0.15) is 6.61 Å². The van der Waals surface area contributed by atoms with Crippen molar-refractivity contribution in [2.45, 2.75) is 32.3 Å². The summed E-state index contributed by atoms with van der Waals surface area (Å²) in [7, 11) is 0. The minimum Gasteiger partial charge on any atom is -0.391 e. The van der Waals surface area contributed by atoms with Gasteiger partial charge in [-0.3, -0.25) is 0 Å². The number of nitrogens with zero attached hydrogens (tertiary/aromatic N) is 1. The Bertz CT molecular complexity index is 658. The molecule has 0 aliphatic heterocycles. The van der Waals surface area contributed by atoms with Crippen molar-refractivity contribution < 1.29 is 4.84 Å². The minimum absolute atomic E-state index is 0.495. The number of benzene rings is 2. The lowest BCUT2D eigenvalue weighted by atomic mass is 10.0. The summed E-state index contributed by atoms with van der Waals surface area (Å²) in [6.07, 6.45) is 8.96. The molecule has 0 saturated carbocycles. The Morgan fingerprint density at radius 3 is 2.59 bits per heavy atom. The van der Waals surface area contributed by atoms with E-state index in [-0.39, 0.29) is 0 Å². The van der Waals surface area contributed by atoms with Crippen molar-refractivity contribution in [3.05, 3.63) is 71.8 Å². The predicted octanol–water partition coefficient (Wildman–Crippen LogP) is 5.36.